The van der Waals surface area contributed by atoms with E-state index in [4.69, 9.17) is 37.4 Å². The fraction of sp³-hybridized carbons (Fsp3) is 0.371. The molecule has 0 radical (unpaired) electrons. The average Bonchev–Trinajstić information content (AvgIpc) is 3.87. The Morgan fingerprint density at radius 1 is 0.800 bits per heavy atom. The van der Waals surface area contributed by atoms with Gasteiger partial charge < -0.3 is 24.0 Å². The Kier molecular flexibility index (Phi) is 8.90. The molecular weight excluding hydrogens is 683 g/mol. The number of benzene rings is 3. The van der Waals surface area contributed by atoms with Gasteiger partial charge in [-0.15, -0.1) is 0 Å². The van der Waals surface area contributed by atoms with Gasteiger partial charge in [-0.05, 0) is 73.5 Å². The number of nitrogens with zero attached hydrogens (tertiary/aromatic N) is 8. The molecule has 260 valence electrons. The van der Waals surface area contributed by atoms with E-state index in [1.807, 2.05) is 42.5 Å². The minimum absolute atomic E-state index is 0.260. The van der Waals surface area contributed by atoms with Crippen LogP contribution in [0.3, 0.4) is 0 Å². The predicted molar refractivity (Wildman–Crippen MR) is 189 cm³/mol. The second kappa shape index (κ2) is 13.6. The second-order valence-corrected chi connectivity index (χ2v) is 13.5. The van der Waals surface area contributed by atoms with Crippen molar-refractivity contribution in [2.45, 2.75) is 44.4 Å². The molecule has 2 atom stereocenters. The van der Waals surface area contributed by atoms with Gasteiger partial charge >= 0.3 is 11.4 Å². The molecule has 13 nitrogen and oxygen atoms in total. The van der Waals surface area contributed by atoms with Crippen LogP contribution in [0.1, 0.15) is 18.4 Å². The Labute approximate surface area is 297 Å². The van der Waals surface area contributed by atoms with Crippen molar-refractivity contribution < 1.29 is 14.2 Å². The number of rotatable bonds is 9. The summed E-state index contributed by atoms with van der Waals surface area (Å²) < 4.78 is 24.9. The van der Waals surface area contributed by atoms with Crippen LogP contribution in [0.2, 0.25) is 10.0 Å². The largest absolute Gasteiger partial charge is 0.491 e. The van der Waals surface area contributed by atoms with E-state index >= 15 is 0 Å². The van der Waals surface area contributed by atoms with E-state index in [-0.39, 0.29) is 30.6 Å². The highest BCUT2D eigenvalue weighted by atomic mass is 35.5. The Hall–Kier alpha value is -4.56. The van der Waals surface area contributed by atoms with Gasteiger partial charge in [-0.25, -0.2) is 33.2 Å². The van der Waals surface area contributed by atoms with Crippen molar-refractivity contribution in [2.24, 2.45) is 0 Å². The molecule has 2 saturated heterocycles. The first-order valence-corrected chi connectivity index (χ1v) is 17.5. The fourth-order valence-corrected chi connectivity index (χ4v) is 7.51. The van der Waals surface area contributed by atoms with Gasteiger partial charge in [-0.2, -0.15) is 5.10 Å². The molecule has 3 aromatic carbocycles. The molecule has 0 bridgehead atoms. The number of hydrogen-bond acceptors (Lipinski definition) is 9. The Morgan fingerprint density at radius 3 is 2.02 bits per heavy atom. The summed E-state index contributed by atoms with van der Waals surface area (Å²) in [5.74, 6) is -0.434. The maximum Gasteiger partial charge on any atom is 0.351 e. The van der Waals surface area contributed by atoms with Gasteiger partial charge in [0.1, 0.15) is 37.7 Å². The molecule has 0 unspecified atom stereocenters. The lowest BCUT2D eigenvalue weighted by Gasteiger charge is -2.37. The molecule has 0 amide bonds. The van der Waals surface area contributed by atoms with Crippen molar-refractivity contribution in [3.8, 4) is 11.4 Å². The number of aromatic nitrogens is 6. The molecule has 0 N–H and O–H groups in total. The third-order valence-corrected chi connectivity index (χ3v) is 10.1. The highest BCUT2D eigenvalue weighted by molar-refractivity contribution is 6.35. The first-order valence-electron chi connectivity index (χ1n) is 16.7. The third kappa shape index (κ3) is 6.30. The summed E-state index contributed by atoms with van der Waals surface area (Å²) in [6.07, 6.45) is 4.54. The number of ether oxygens (including phenoxy) is 3. The van der Waals surface area contributed by atoms with Crippen LogP contribution in [0.25, 0.3) is 5.69 Å². The monoisotopic (exact) mass is 718 g/mol. The normalized spacial score (nSPS) is 20.6. The van der Waals surface area contributed by atoms with Gasteiger partial charge in [0.05, 0.1) is 17.3 Å². The van der Waals surface area contributed by atoms with Crippen LogP contribution in [0, 0.1) is 0 Å². The summed E-state index contributed by atoms with van der Waals surface area (Å²) >= 11 is 12.7. The van der Waals surface area contributed by atoms with E-state index < -0.39 is 5.79 Å². The number of halogens is 2. The summed E-state index contributed by atoms with van der Waals surface area (Å²) in [5.41, 5.74) is 2.91. The van der Waals surface area contributed by atoms with Gasteiger partial charge in [-0.3, -0.25) is 0 Å². The van der Waals surface area contributed by atoms with E-state index in [0.717, 1.165) is 56.1 Å². The van der Waals surface area contributed by atoms with Crippen molar-refractivity contribution in [3.05, 3.63) is 116 Å². The quantitative estimate of drug-likeness (QED) is 0.222. The van der Waals surface area contributed by atoms with E-state index in [2.05, 4.69) is 32.0 Å². The Bertz CT molecular complexity index is 2030. The molecular formula is C35H36Cl2N8O5. The maximum atomic E-state index is 12.9. The van der Waals surface area contributed by atoms with E-state index in [1.54, 1.807) is 32.5 Å². The molecule has 5 aromatic rings. The number of piperazine rings is 1. The molecule has 2 aromatic heterocycles. The van der Waals surface area contributed by atoms with Gasteiger partial charge in [0.15, 0.2) is 0 Å². The number of hydrogen-bond donors (Lipinski definition) is 0. The van der Waals surface area contributed by atoms with Gasteiger partial charge in [0, 0.05) is 61.2 Å². The maximum absolute atomic E-state index is 12.9. The molecule has 2 fully saturated rings. The lowest BCUT2D eigenvalue weighted by atomic mass is 10.1. The minimum atomic E-state index is -1.17. The third-order valence-electron chi connectivity index (χ3n) is 9.53. The molecule has 8 rings (SSSR count). The van der Waals surface area contributed by atoms with Crippen molar-refractivity contribution in [2.75, 3.05) is 49.2 Å². The fourth-order valence-electron chi connectivity index (χ4n) is 6.96. The topological polar surface area (TPSA) is 114 Å². The first-order chi connectivity index (χ1) is 24.4. The van der Waals surface area contributed by atoms with Crippen LogP contribution in [0.4, 0.5) is 11.4 Å². The molecule has 50 heavy (non-hydrogen) atoms. The molecule has 0 saturated carbocycles. The van der Waals surface area contributed by atoms with E-state index in [1.165, 1.54) is 10.9 Å². The molecule has 0 aliphatic carbocycles. The zero-order valence-corrected chi connectivity index (χ0v) is 28.7. The standard InChI is InChI=1S/C35H36Cl2N8O5/c36-25-3-12-31(32(37)19-25)35(22-42-24-38-23-39-42)49-21-30(50-35)20-48-29-10-8-27(9-11-29)41-17-15-40(16-18-41)26-4-6-28(7-5-26)45-33(46)43-13-1-2-14-44(43)34(45)47/h3-12,19,23-24,30H,1-2,13-18,20-22H2/t30-,35-/m1/s1. The summed E-state index contributed by atoms with van der Waals surface area (Å²) in [7, 11) is 0. The smallest absolute Gasteiger partial charge is 0.351 e. The summed E-state index contributed by atoms with van der Waals surface area (Å²) in [6.45, 7) is 5.41. The highest BCUT2D eigenvalue weighted by Crippen LogP contribution is 2.40. The van der Waals surface area contributed by atoms with Gasteiger partial charge in [0.2, 0.25) is 5.79 Å². The van der Waals surface area contributed by atoms with Crippen molar-refractivity contribution in [1.82, 2.24) is 28.7 Å². The van der Waals surface area contributed by atoms with Crippen LogP contribution in [0.15, 0.2) is 89.0 Å². The Balaban J connectivity index is 0.861. The SMILES string of the molecule is O=c1n(-c2ccc(N3CCN(c4ccc(OC[C@@H]5CO[C@@](Cn6cncn6)(c6ccc(Cl)cc6Cl)O5)cc4)CC3)cc2)c(=O)n2n1CCCC2. The van der Waals surface area contributed by atoms with Gasteiger partial charge in [0.25, 0.3) is 0 Å². The van der Waals surface area contributed by atoms with Crippen molar-refractivity contribution in [1.29, 1.82) is 0 Å². The Morgan fingerprint density at radius 2 is 1.42 bits per heavy atom. The zero-order valence-electron chi connectivity index (χ0n) is 27.2. The summed E-state index contributed by atoms with van der Waals surface area (Å²) in [5, 5.41) is 5.19. The van der Waals surface area contributed by atoms with Crippen molar-refractivity contribution in [3.63, 3.8) is 0 Å². The summed E-state index contributed by atoms with van der Waals surface area (Å²) in [6, 6.07) is 21.0. The molecule has 15 heteroatoms. The molecule has 3 aliphatic rings. The summed E-state index contributed by atoms with van der Waals surface area (Å²) in [4.78, 5) is 34.5. The van der Waals surface area contributed by atoms with Crippen molar-refractivity contribution >= 4 is 34.6 Å². The second-order valence-electron chi connectivity index (χ2n) is 12.7. The predicted octanol–water partition coefficient (Wildman–Crippen LogP) is 4.17. The highest BCUT2D eigenvalue weighted by Gasteiger charge is 2.45. The lowest BCUT2D eigenvalue weighted by molar-refractivity contribution is -0.190. The van der Waals surface area contributed by atoms with Crippen LogP contribution in [-0.2, 0) is 34.9 Å². The molecule has 3 aliphatic heterocycles. The molecule has 0 spiro atoms. The van der Waals surface area contributed by atoms with E-state index in [9.17, 15) is 9.59 Å². The number of fused-ring (bicyclic) bond motifs is 1. The first kappa shape index (κ1) is 32.6. The zero-order chi connectivity index (χ0) is 34.2. The number of anilines is 2. The van der Waals surface area contributed by atoms with Crippen LogP contribution >= 0.6 is 23.2 Å². The van der Waals surface area contributed by atoms with Crippen LogP contribution < -0.4 is 25.9 Å². The van der Waals surface area contributed by atoms with Crippen LogP contribution in [-0.4, -0.2) is 74.2 Å². The minimum Gasteiger partial charge on any atom is -0.491 e. The van der Waals surface area contributed by atoms with Gasteiger partial charge in [-0.1, -0.05) is 29.3 Å². The van der Waals surface area contributed by atoms with E-state index in [0.29, 0.717) is 41.0 Å². The molecule has 5 heterocycles. The van der Waals surface area contributed by atoms with Crippen LogP contribution in [0.5, 0.6) is 5.75 Å². The average molecular weight is 720 g/mol. The lowest BCUT2D eigenvalue weighted by Crippen LogP contribution is -2.46.